The number of rotatable bonds is 6. The molecular formula is C26H25NO3. The first-order valence-corrected chi connectivity index (χ1v) is 10.3. The molecule has 0 saturated heterocycles. The number of carbonyl (C=O) groups is 2. The molecule has 3 aromatic carbocycles. The molecule has 1 amide bonds. The first-order valence-electron chi connectivity index (χ1n) is 10.3. The maximum Gasteiger partial charge on any atom is 0.255 e. The molecule has 152 valence electrons. The molecule has 1 saturated carbocycles. The van der Waals surface area contributed by atoms with Gasteiger partial charge in [-0.15, -0.1) is 0 Å². The van der Waals surface area contributed by atoms with Gasteiger partial charge >= 0.3 is 0 Å². The third-order valence-electron chi connectivity index (χ3n) is 6.04. The molecule has 0 atom stereocenters. The quantitative estimate of drug-likeness (QED) is 0.614. The SMILES string of the molecule is O=C(Nc1cccc(C2(C(=O)CO)CCCC2)c1)c1cccc(-c2ccccc2)c1. The molecule has 3 aromatic rings. The van der Waals surface area contributed by atoms with Crippen molar-refractivity contribution in [2.24, 2.45) is 0 Å². The summed E-state index contributed by atoms with van der Waals surface area (Å²) in [6.07, 6.45) is 3.41. The number of nitrogens with one attached hydrogen (secondary N) is 1. The van der Waals surface area contributed by atoms with Crippen LogP contribution in [0.5, 0.6) is 0 Å². The van der Waals surface area contributed by atoms with Crippen LogP contribution in [-0.2, 0) is 10.2 Å². The molecule has 4 nitrogen and oxygen atoms in total. The summed E-state index contributed by atoms with van der Waals surface area (Å²) in [6.45, 7) is -0.455. The fraction of sp³-hybridized carbons (Fsp3) is 0.231. The van der Waals surface area contributed by atoms with Crippen molar-refractivity contribution in [2.75, 3.05) is 11.9 Å². The van der Waals surface area contributed by atoms with Crippen LogP contribution in [0, 0.1) is 0 Å². The molecule has 1 aliphatic rings. The van der Waals surface area contributed by atoms with E-state index in [0.29, 0.717) is 11.3 Å². The molecule has 0 unspecified atom stereocenters. The Hall–Kier alpha value is -3.24. The number of aliphatic hydroxyl groups is 1. The van der Waals surface area contributed by atoms with Crippen molar-refractivity contribution >= 4 is 17.4 Å². The average molecular weight is 399 g/mol. The van der Waals surface area contributed by atoms with Gasteiger partial charge in [0.15, 0.2) is 5.78 Å². The third-order valence-corrected chi connectivity index (χ3v) is 6.04. The molecule has 1 aliphatic carbocycles. The highest BCUT2D eigenvalue weighted by Crippen LogP contribution is 2.42. The Morgan fingerprint density at radius 2 is 1.53 bits per heavy atom. The van der Waals surface area contributed by atoms with E-state index in [1.54, 1.807) is 6.07 Å². The fourth-order valence-electron chi connectivity index (χ4n) is 4.43. The number of Topliss-reactive ketones (excluding diaryl/α,β-unsaturated/α-hetero) is 1. The van der Waals surface area contributed by atoms with Gasteiger partial charge in [-0.1, -0.05) is 67.4 Å². The Morgan fingerprint density at radius 1 is 0.833 bits per heavy atom. The van der Waals surface area contributed by atoms with Gasteiger partial charge in [0.05, 0.1) is 5.41 Å². The zero-order chi connectivity index (χ0) is 21.0. The maximum atomic E-state index is 12.9. The first kappa shape index (κ1) is 20.0. The molecule has 0 spiro atoms. The van der Waals surface area contributed by atoms with Crippen LogP contribution in [0.1, 0.15) is 41.6 Å². The second kappa shape index (κ2) is 8.64. The molecule has 0 radical (unpaired) electrons. The molecule has 2 N–H and O–H groups in total. The smallest absolute Gasteiger partial charge is 0.255 e. The Labute approximate surface area is 176 Å². The summed E-state index contributed by atoms with van der Waals surface area (Å²) < 4.78 is 0. The van der Waals surface area contributed by atoms with Gasteiger partial charge in [0.1, 0.15) is 6.61 Å². The Morgan fingerprint density at radius 3 is 2.27 bits per heavy atom. The third kappa shape index (κ3) is 3.91. The zero-order valence-electron chi connectivity index (χ0n) is 16.8. The van der Waals surface area contributed by atoms with Crippen molar-refractivity contribution < 1.29 is 14.7 Å². The minimum absolute atomic E-state index is 0.140. The molecular weight excluding hydrogens is 374 g/mol. The van der Waals surface area contributed by atoms with Crippen LogP contribution in [0.25, 0.3) is 11.1 Å². The lowest BCUT2D eigenvalue weighted by Crippen LogP contribution is -2.35. The number of benzene rings is 3. The standard InChI is InChI=1S/C26H25NO3/c28-18-24(29)26(14-4-5-15-26)22-12-7-13-23(17-22)27-25(30)21-11-6-10-20(16-21)19-8-2-1-3-9-19/h1-3,6-13,16-17,28H,4-5,14-15,18H2,(H,27,30). The van der Waals surface area contributed by atoms with Crippen molar-refractivity contribution in [3.63, 3.8) is 0 Å². The lowest BCUT2D eigenvalue weighted by Gasteiger charge is -2.27. The number of aliphatic hydroxyl groups excluding tert-OH is 1. The van der Waals surface area contributed by atoms with E-state index in [9.17, 15) is 14.7 Å². The highest BCUT2D eigenvalue weighted by atomic mass is 16.3. The number of ketones is 1. The second-order valence-corrected chi connectivity index (χ2v) is 7.85. The van der Waals surface area contributed by atoms with E-state index < -0.39 is 12.0 Å². The number of hydrogen-bond donors (Lipinski definition) is 2. The molecule has 4 heteroatoms. The van der Waals surface area contributed by atoms with Crippen LogP contribution >= 0.6 is 0 Å². The Kier molecular flexibility index (Phi) is 5.77. The van der Waals surface area contributed by atoms with E-state index >= 15 is 0 Å². The van der Waals surface area contributed by atoms with Gasteiger partial charge in [-0.3, -0.25) is 9.59 Å². The predicted molar refractivity (Wildman–Crippen MR) is 119 cm³/mol. The van der Waals surface area contributed by atoms with Gasteiger partial charge < -0.3 is 10.4 Å². The van der Waals surface area contributed by atoms with Crippen molar-refractivity contribution in [3.8, 4) is 11.1 Å². The van der Waals surface area contributed by atoms with Crippen LogP contribution in [0.3, 0.4) is 0 Å². The molecule has 0 heterocycles. The summed E-state index contributed by atoms with van der Waals surface area (Å²) in [5.74, 6) is -0.335. The number of hydrogen-bond acceptors (Lipinski definition) is 3. The normalized spacial score (nSPS) is 15.0. The van der Waals surface area contributed by atoms with Crippen LogP contribution in [0.2, 0.25) is 0 Å². The fourth-order valence-corrected chi connectivity index (χ4v) is 4.43. The number of amides is 1. The van der Waals surface area contributed by atoms with E-state index in [4.69, 9.17) is 0 Å². The Bertz CT molecular complexity index is 1050. The van der Waals surface area contributed by atoms with Gasteiger partial charge in [0, 0.05) is 11.3 Å². The zero-order valence-corrected chi connectivity index (χ0v) is 16.8. The summed E-state index contributed by atoms with van der Waals surface area (Å²) in [7, 11) is 0. The van der Waals surface area contributed by atoms with Crippen LogP contribution in [0.4, 0.5) is 5.69 Å². The summed E-state index contributed by atoms with van der Waals surface area (Å²) >= 11 is 0. The molecule has 0 aromatic heterocycles. The summed E-state index contributed by atoms with van der Waals surface area (Å²) in [5, 5.41) is 12.4. The summed E-state index contributed by atoms with van der Waals surface area (Å²) in [5.41, 5.74) is 3.50. The van der Waals surface area contributed by atoms with Crippen molar-refractivity contribution in [2.45, 2.75) is 31.1 Å². The minimum Gasteiger partial charge on any atom is -0.389 e. The largest absolute Gasteiger partial charge is 0.389 e. The average Bonchev–Trinajstić information content (AvgIpc) is 3.31. The monoisotopic (exact) mass is 399 g/mol. The van der Waals surface area contributed by atoms with E-state index in [1.165, 1.54) is 0 Å². The van der Waals surface area contributed by atoms with Crippen LogP contribution in [-0.4, -0.2) is 23.4 Å². The van der Waals surface area contributed by atoms with Crippen molar-refractivity contribution in [3.05, 3.63) is 90.0 Å². The molecule has 1 fully saturated rings. The van der Waals surface area contributed by atoms with E-state index in [1.807, 2.05) is 72.8 Å². The van der Waals surface area contributed by atoms with E-state index in [-0.39, 0.29) is 11.7 Å². The molecule has 0 bridgehead atoms. The lowest BCUT2D eigenvalue weighted by atomic mass is 9.75. The van der Waals surface area contributed by atoms with E-state index in [2.05, 4.69) is 5.32 Å². The van der Waals surface area contributed by atoms with Gasteiger partial charge in [0.25, 0.3) is 5.91 Å². The maximum absolute atomic E-state index is 12.9. The number of carbonyl (C=O) groups excluding carboxylic acids is 2. The first-order chi connectivity index (χ1) is 14.6. The van der Waals surface area contributed by atoms with Gasteiger partial charge in [-0.05, 0) is 53.8 Å². The summed E-state index contributed by atoms with van der Waals surface area (Å²) in [6, 6.07) is 24.9. The highest BCUT2D eigenvalue weighted by molar-refractivity contribution is 6.05. The topological polar surface area (TPSA) is 66.4 Å². The van der Waals surface area contributed by atoms with Gasteiger partial charge in [0.2, 0.25) is 0 Å². The predicted octanol–water partition coefficient (Wildman–Crippen LogP) is 4.98. The van der Waals surface area contributed by atoms with Crippen LogP contribution in [0.15, 0.2) is 78.9 Å². The van der Waals surface area contributed by atoms with Crippen molar-refractivity contribution in [1.29, 1.82) is 0 Å². The lowest BCUT2D eigenvalue weighted by molar-refractivity contribution is -0.127. The Balaban J connectivity index is 1.58. The molecule has 4 rings (SSSR count). The summed E-state index contributed by atoms with van der Waals surface area (Å²) in [4.78, 5) is 25.4. The second-order valence-electron chi connectivity index (χ2n) is 7.85. The van der Waals surface area contributed by atoms with Gasteiger partial charge in [-0.25, -0.2) is 0 Å². The minimum atomic E-state index is -0.636. The molecule has 0 aliphatic heterocycles. The molecule has 30 heavy (non-hydrogen) atoms. The van der Waals surface area contributed by atoms with Crippen LogP contribution < -0.4 is 5.32 Å². The van der Waals surface area contributed by atoms with E-state index in [0.717, 1.165) is 42.4 Å². The van der Waals surface area contributed by atoms with Crippen molar-refractivity contribution in [1.82, 2.24) is 0 Å². The highest BCUT2D eigenvalue weighted by Gasteiger charge is 2.41. The number of anilines is 1. The van der Waals surface area contributed by atoms with Gasteiger partial charge in [-0.2, -0.15) is 0 Å².